The Morgan fingerprint density at radius 3 is 2.81 bits per heavy atom. The SMILES string of the molecule is CS(=O)(=O)Nc1cc(C(O)CNCCOc2ccc3c4c([nH]c3c2)CCCC4)ccc1N. The number of aryl methyl sites for hydroxylation is 2. The molecule has 9 heteroatoms. The molecule has 0 spiro atoms. The van der Waals surface area contributed by atoms with Crippen LogP contribution in [0.15, 0.2) is 36.4 Å². The van der Waals surface area contributed by atoms with Crippen molar-refractivity contribution in [1.82, 2.24) is 10.3 Å². The molecule has 1 aromatic heterocycles. The number of H-pyrrole nitrogens is 1. The number of fused-ring (bicyclic) bond motifs is 3. The summed E-state index contributed by atoms with van der Waals surface area (Å²) in [5.74, 6) is 0.813. The highest BCUT2D eigenvalue weighted by atomic mass is 32.2. The Bertz CT molecular complexity index is 1210. The average Bonchev–Trinajstić information content (AvgIpc) is 3.11. The van der Waals surface area contributed by atoms with Crippen molar-refractivity contribution < 1.29 is 18.3 Å². The highest BCUT2D eigenvalue weighted by Gasteiger charge is 2.15. The molecule has 3 aromatic rings. The number of benzene rings is 2. The van der Waals surface area contributed by atoms with E-state index < -0.39 is 16.1 Å². The van der Waals surface area contributed by atoms with E-state index in [0.717, 1.165) is 30.4 Å². The molecule has 8 nitrogen and oxygen atoms in total. The fourth-order valence-electron chi connectivity index (χ4n) is 4.15. The smallest absolute Gasteiger partial charge is 0.229 e. The third-order valence-electron chi connectivity index (χ3n) is 5.71. The number of sulfonamides is 1. The number of aliphatic hydroxyl groups is 1. The molecule has 1 aliphatic rings. The van der Waals surface area contributed by atoms with E-state index in [9.17, 15) is 13.5 Å². The van der Waals surface area contributed by atoms with Crippen molar-refractivity contribution in [3.8, 4) is 5.75 Å². The molecule has 0 saturated heterocycles. The van der Waals surface area contributed by atoms with Crippen molar-refractivity contribution in [2.75, 3.05) is 36.4 Å². The second-order valence-electron chi connectivity index (χ2n) is 8.29. The zero-order chi connectivity index (χ0) is 22.7. The fraction of sp³-hybridized carbons (Fsp3) is 0.391. The van der Waals surface area contributed by atoms with Gasteiger partial charge in [-0.2, -0.15) is 0 Å². The average molecular weight is 459 g/mol. The number of anilines is 2. The lowest BCUT2D eigenvalue weighted by Crippen LogP contribution is -2.26. The van der Waals surface area contributed by atoms with Gasteiger partial charge in [0.25, 0.3) is 0 Å². The van der Waals surface area contributed by atoms with E-state index in [-0.39, 0.29) is 5.69 Å². The van der Waals surface area contributed by atoms with Crippen LogP contribution < -0.4 is 20.5 Å². The summed E-state index contributed by atoms with van der Waals surface area (Å²) in [5.41, 5.74) is 10.9. The first-order chi connectivity index (χ1) is 15.3. The van der Waals surface area contributed by atoms with Crippen molar-refractivity contribution >= 4 is 32.3 Å². The van der Waals surface area contributed by atoms with Gasteiger partial charge in [0.1, 0.15) is 12.4 Å². The summed E-state index contributed by atoms with van der Waals surface area (Å²) in [6.07, 6.45) is 5.00. The van der Waals surface area contributed by atoms with Crippen LogP contribution in [0, 0.1) is 0 Å². The van der Waals surface area contributed by atoms with Gasteiger partial charge in [-0.1, -0.05) is 6.07 Å². The summed E-state index contributed by atoms with van der Waals surface area (Å²) in [6.45, 7) is 1.31. The number of nitrogens with one attached hydrogen (secondary N) is 3. The first-order valence-corrected chi connectivity index (χ1v) is 12.7. The zero-order valence-corrected chi connectivity index (χ0v) is 19.0. The van der Waals surface area contributed by atoms with Gasteiger partial charge in [0.15, 0.2) is 0 Å². The van der Waals surface area contributed by atoms with Crippen molar-refractivity contribution in [1.29, 1.82) is 0 Å². The molecule has 1 heterocycles. The largest absolute Gasteiger partial charge is 0.492 e. The van der Waals surface area contributed by atoms with Crippen LogP contribution in [0.25, 0.3) is 10.9 Å². The molecule has 0 amide bonds. The number of nitrogen functional groups attached to an aromatic ring is 1. The molecule has 2 aromatic carbocycles. The van der Waals surface area contributed by atoms with Crippen LogP contribution in [0.2, 0.25) is 0 Å². The molecule has 0 aliphatic heterocycles. The Morgan fingerprint density at radius 1 is 1.19 bits per heavy atom. The van der Waals surface area contributed by atoms with Crippen molar-refractivity contribution in [3.05, 3.63) is 53.2 Å². The maximum atomic E-state index is 11.5. The summed E-state index contributed by atoms with van der Waals surface area (Å²) in [4.78, 5) is 3.53. The Kier molecular flexibility index (Phi) is 6.59. The van der Waals surface area contributed by atoms with Crippen LogP contribution >= 0.6 is 0 Å². The highest BCUT2D eigenvalue weighted by Crippen LogP contribution is 2.31. The second-order valence-corrected chi connectivity index (χ2v) is 10.0. The van der Waals surface area contributed by atoms with E-state index in [2.05, 4.69) is 21.1 Å². The van der Waals surface area contributed by atoms with Gasteiger partial charge in [-0.15, -0.1) is 0 Å². The molecule has 172 valence electrons. The molecule has 1 aliphatic carbocycles. The zero-order valence-electron chi connectivity index (χ0n) is 18.1. The van der Waals surface area contributed by atoms with Crippen LogP contribution in [0.3, 0.4) is 0 Å². The van der Waals surface area contributed by atoms with E-state index in [1.54, 1.807) is 18.2 Å². The third kappa shape index (κ3) is 5.35. The first kappa shape index (κ1) is 22.4. The minimum atomic E-state index is -3.45. The highest BCUT2D eigenvalue weighted by molar-refractivity contribution is 7.92. The number of nitrogens with two attached hydrogens (primary N) is 1. The molecule has 0 saturated carbocycles. The number of hydrogen-bond acceptors (Lipinski definition) is 6. The van der Waals surface area contributed by atoms with E-state index in [0.29, 0.717) is 30.9 Å². The Hall–Kier alpha value is -2.75. The van der Waals surface area contributed by atoms with Crippen molar-refractivity contribution in [2.24, 2.45) is 0 Å². The lowest BCUT2D eigenvalue weighted by Gasteiger charge is -2.15. The first-order valence-electron chi connectivity index (χ1n) is 10.8. The quantitative estimate of drug-likeness (QED) is 0.248. The van der Waals surface area contributed by atoms with E-state index in [4.69, 9.17) is 10.5 Å². The molecule has 0 radical (unpaired) electrons. The third-order valence-corrected chi connectivity index (χ3v) is 6.30. The normalized spacial score (nSPS) is 14.8. The summed E-state index contributed by atoms with van der Waals surface area (Å²) < 4.78 is 31.1. The number of ether oxygens (including phenoxy) is 1. The predicted molar refractivity (Wildman–Crippen MR) is 128 cm³/mol. The summed E-state index contributed by atoms with van der Waals surface area (Å²) in [7, 11) is -3.45. The monoisotopic (exact) mass is 458 g/mol. The maximum absolute atomic E-state index is 11.5. The lowest BCUT2D eigenvalue weighted by molar-refractivity contribution is 0.172. The van der Waals surface area contributed by atoms with E-state index in [1.165, 1.54) is 29.5 Å². The summed E-state index contributed by atoms with van der Waals surface area (Å²) in [5, 5.41) is 14.9. The molecule has 1 unspecified atom stereocenters. The summed E-state index contributed by atoms with van der Waals surface area (Å²) >= 11 is 0. The molecule has 4 rings (SSSR count). The van der Waals surface area contributed by atoms with Gasteiger partial charge in [0, 0.05) is 35.8 Å². The molecular weight excluding hydrogens is 428 g/mol. The number of aromatic amines is 1. The number of hydrogen-bond donors (Lipinski definition) is 5. The Labute approximate surface area is 188 Å². The van der Waals surface area contributed by atoms with Gasteiger partial charge >= 0.3 is 0 Å². The van der Waals surface area contributed by atoms with Gasteiger partial charge in [-0.05, 0) is 61.1 Å². The van der Waals surface area contributed by atoms with Gasteiger partial charge in [-0.25, -0.2) is 8.42 Å². The number of aliphatic hydroxyl groups excluding tert-OH is 1. The molecule has 32 heavy (non-hydrogen) atoms. The van der Waals surface area contributed by atoms with Gasteiger partial charge < -0.3 is 25.9 Å². The number of rotatable bonds is 9. The van der Waals surface area contributed by atoms with E-state index in [1.807, 2.05) is 12.1 Å². The van der Waals surface area contributed by atoms with Gasteiger partial charge in [0.05, 0.1) is 23.7 Å². The maximum Gasteiger partial charge on any atom is 0.229 e. The Morgan fingerprint density at radius 2 is 2.00 bits per heavy atom. The topological polar surface area (TPSA) is 129 Å². The van der Waals surface area contributed by atoms with Crippen LogP contribution in [-0.2, 0) is 22.9 Å². The van der Waals surface area contributed by atoms with Gasteiger partial charge in [0.2, 0.25) is 10.0 Å². The van der Waals surface area contributed by atoms with E-state index >= 15 is 0 Å². The lowest BCUT2D eigenvalue weighted by atomic mass is 9.96. The summed E-state index contributed by atoms with van der Waals surface area (Å²) in [6, 6.07) is 11.0. The van der Waals surface area contributed by atoms with Crippen LogP contribution in [0.5, 0.6) is 5.75 Å². The fourth-order valence-corrected chi connectivity index (χ4v) is 4.73. The molecule has 0 fully saturated rings. The minimum absolute atomic E-state index is 0.258. The molecule has 1 atom stereocenters. The van der Waals surface area contributed by atoms with Crippen LogP contribution in [0.1, 0.15) is 35.8 Å². The molecule has 0 bridgehead atoms. The van der Waals surface area contributed by atoms with Crippen LogP contribution in [-0.4, -0.2) is 44.5 Å². The molecule has 6 N–H and O–H groups in total. The van der Waals surface area contributed by atoms with Gasteiger partial charge in [-0.3, -0.25) is 4.72 Å². The Balaban J connectivity index is 1.27. The minimum Gasteiger partial charge on any atom is -0.492 e. The second kappa shape index (κ2) is 9.40. The van der Waals surface area contributed by atoms with Crippen molar-refractivity contribution in [3.63, 3.8) is 0 Å². The van der Waals surface area contributed by atoms with Crippen LogP contribution in [0.4, 0.5) is 11.4 Å². The van der Waals surface area contributed by atoms with Crippen molar-refractivity contribution in [2.45, 2.75) is 31.8 Å². The number of aromatic nitrogens is 1. The predicted octanol–water partition coefficient (Wildman–Crippen LogP) is 2.70. The molecular formula is C23H30N4O4S. The standard InChI is InChI=1S/C23H30N4O4S/c1-32(29,30)27-22-12-15(6-9-19(22)24)23(28)14-25-10-11-31-16-7-8-18-17-4-2-3-5-20(17)26-21(18)13-16/h6-9,12-13,23,25-28H,2-5,10-11,14,24H2,1H3.